The van der Waals surface area contributed by atoms with Gasteiger partial charge in [-0.05, 0) is 31.7 Å². The van der Waals surface area contributed by atoms with Crippen LogP contribution in [0.2, 0.25) is 0 Å². The van der Waals surface area contributed by atoms with Gasteiger partial charge in [0.1, 0.15) is 17.9 Å². The van der Waals surface area contributed by atoms with Gasteiger partial charge >= 0.3 is 0 Å². The largest absolute Gasteiger partial charge is 0.489 e. The van der Waals surface area contributed by atoms with E-state index in [-0.39, 0.29) is 0 Å². The van der Waals surface area contributed by atoms with E-state index in [4.69, 9.17) is 15.0 Å². The monoisotopic (exact) mass is 351 g/mol. The minimum atomic E-state index is -0.575. The number of ether oxygens (including phenoxy) is 1. The van der Waals surface area contributed by atoms with Gasteiger partial charge in [-0.2, -0.15) is 4.98 Å². The molecule has 4 rings (SSSR count). The lowest BCUT2D eigenvalue weighted by atomic mass is 10.0. The van der Waals surface area contributed by atoms with Gasteiger partial charge in [-0.25, -0.2) is 0 Å². The van der Waals surface area contributed by atoms with Crippen LogP contribution >= 0.6 is 0 Å². The molecule has 0 saturated carbocycles. The van der Waals surface area contributed by atoms with E-state index >= 15 is 0 Å². The van der Waals surface area contributed by atoms with Crippen molar-refractivity contribution in [1.82, 2.24) is 20.0 Å². The molecule has 0 radical (unpaired) electrons. The summed E-state index contributed by atoms with van der Waals surface area (Å²) in [6, 6.07) is 11.5. The smallest absolute Gasteiger partial charge is 0.248 e. The summed E-state index contributed by atoms with van der Waals surface area (Å²) in [4.78, 5) is 10.8. The van der Waals surface area contributed by atoms with Gasteiger partial charge in [0, 0.05) is 36.6 Å². The molecule has 3 aromatic rings. The van der Waals surface area contributed by atoms with Crippen LogP contribution in [0.25, 0.3) is 11.4 Å². The van der Waals surface area contributed by atoms with Gasteiger partial charge in [0.05, 0.1) is 0 Å². The van der Waals surface area contributed by atoms with Gasteiger partial charge in [0.25, 0.3) is 0 Å². The number of aromatic nitrogens is 3. The van der Waals surface area contributed by atoms with Crippen molar-refractivity contribution in [3.05, 3.63) is 60.2 Å². The number of nitrogens with two attached hydrogens (primary N) is 1. The summed E-state index contributed by atoms with van der Waals surface area (Å²) in [6.07, 6.45) is 4.33. The van der Waals surface area contributed by atoms with Crippen LogP contribution in [0.15, 0.2) is 53.3 Å². The van der Waals surface area contributed by atoms with Gasteiger partial charge in [0.15, 0.2) is 0 Å². The molecule has 1 unspecified atom stereocenters. The Labute approximate surface area is 151 Å². The fourth-order valence-electron chi connectivity index (χ4n) is 3.12. The molecule has 0 aliphatic carbocycles. The third-order valence-corrected chi connectivity index (χ3v) is 4.56. The molecule has 2 aromatic heterocycles. The Bertz CT molecular complexity index is 882. The van der Waals surface area contributed by atoms with Crippen molar-refractivity contribution in [3.63, 3.8) is 0 Å². The van der Waals surface area contributed by atoms with E-state index in [1.54, 1.807) is 12.4 Å². The Morgan fingerprint density at radius 2 is 2.23 bits per heavy atom. The molecule has 1 fully saturated rings. The van der Waals surface area contributed by atoms with Crippen LogP contribution in [0, 0.1) is 0 Å². The van der Waals surface area contributed by atoms with Gasteiger partial charge in [-0.15, -0.1) is 0 Å². The number of hydrogen-bond acceptors (Lipinski definition) is 7. The number of rotatable bonds is 5. The van der Waals surface area contributed by atoms with E-state index in [0.29, 0.717) is 24.9 Å². The van der Waals surface area contributed by atoms with Gasteiger partial charge in [-0.1, -0.05) is 23.4 Å². The van der Waals surface area contributed by atoms with Crippen molar-refractivity contribution in [1.29, 1.82) is 0 Å². The summed E-state index contributed by atoms with van der Waals surface area (Å²) in [6.45, 7) is 2.09. The van der Waals surface area contributed by atoms with Crippen LogP contribution in [0.5, 0.6) is 5.75 Å². The Balaban J connectivity index is 1.50. The zero-order chi connectivity index (χ0) is 18.0. The molecule has 0 bridgehead atoms. The van der Waals surface area contributed by atoms with Crippen LogP contribution in [-0.4, -0.2) is 40.2 Å². The molecule has 0 spiro atoms. The molecule has 1 atom stereocenters. The minimum Gasteiger partial charge on any atom is -0.489 e. The van der Waals surface area contributed by atoms with Crippen molar-refractivity contribution in [2.45, 2.75) is 18.6 Å². The quantitative estimate of drug-likeness (QED) is 0.753. The second kappa shape index (κ2) is 6.86. The summed E-state index contributed by atoms with van der Waals surface area (Å²) in [5, 5.41) is 4.11. The summed E-state index contributed by atoms with van der Waals surface area (Å²) < 4.78 is 11.3. The molecule has 0 amide bonds. The number of likely N-dealkylation sites (tertiary alicyclic amines) is 1. The van der Waals surface area contributed by atoms with Crippen LogP contribution < -0.4 is 10.5 Å². The van der Waals surface area contributed by atoms with Crippen molar-refractivity contribution in [3.8, 4) is 17.1 Å². The SMILES string of the molecule is CN1CCC(N)(c2nc(-c3cccc(OCc4cccnc4)c3)no2)C1. The van der Waals surface area contributed by atoms with Crippen LogP contribution in [0.1, 0.15) is 17.9 Å². The molecule has 2 N–H and O–H groups in total. The van der Waals surface area contributed by atoms with Gasteiger partial charge < -0.3 is 19.9 Å². The van der Waals surface area contributed by atoms with E-state index < -0.39 is 5.54 Å². The maximum absolute atomic E-state index is 6.44. The zero-order valence-electron chi connectivity index (χ0n) is 14.6. The van der Waals surface area contributed by atoms with Crippen LogP contribution in [0.4, 0.5) is 0 Å². The summed E-state index contributed by atoms with van der Waals surface area (Å²) in [5.74, 6) is 1.74. The highest BCUT2D eigenvalue weighted by Crippen LogP contribution is 2.29. The Kier molecular flexibility index (Phi) is 4.40. The maximum Gasteiger partial charge on any atom is 0.248 e. The first-order valence-corrected chi connectivity index (χ1v) is 8.56. The topological polar surface area (TPSA) is 90.3 Å². The van der Waals surface area contributed by atoms with E-state index in [2.05, 4.69) is 20.0 Å². The maximum atomic E-state index is 6.44. The summed E-state index contributed by atoms with van der Waals surface area (Å²) >= 11 is 0. The normalized spacial score (nSPS) is 20.4. The Hall–Kier alpha value is -2.77. The fraction of sp³-hybridized carbons (Fsp3) is 0.316. The lowest BCUT2D eigenvalue weighted by Crippen LogP contribution is -2.39. The molecule has 3 heterocycles. The fourth-order valence-corrected chi connectivity index (χ4v) is 3.12. The van der Waals surface area contributed by atoms with Crippen molar-refractivity contribution >= 4 is 0 Å². The highest BCUT2D eigenvalue weighted by Gasteiger charge is 2.39. The second-order valence-corrected chi connectivity index (χ2v) is 6.74. The molecule has 134 valence electrons. The number of benzene rings is 1. The third-order valence-electron chi connectivity index (χ3n) is 4.56. The van der Waals surface area contributed by atoms with E-state index in [1.165, 1.54) is 0 Å². The van der Waals surface area contributed by atoms with Crippen molar-refractivity contribution in [2.75, 3.05) is 20.1 Å². The molecule has 7 nitrogen and oxygen atoms in total. The first-order valence-electron chi connectivity index (χ1n) is 8.56. The Morgan fingerprint density at radius 3 is 3.00 bits per heavy atom. The number of nitrogens with zero attached hydrogens (tertiary/aromatic N) is 4. The molecule has 26 heavy (non-hydrogen) atoms. The highest BCUT2D eigenvalue weighted by atomic mass is 16.5. The standard InChI is InChI=1S/C19H21N5O2/c1-24-9-7-19(20,13-24)18-22-17(23-26-18)15-5-2-6-16(10-15)25-12-14-4-3-8-21-11-14/h2-6,8,10-11H,7,9,12-13,20H2,1H3. The molecule has 7 heteroatoms. The predicted octanol–water partition coefficient (Wildman–Crippen LogP) is 2.20. The molecule has 1 aliphatic heterocycles. The number of hydrogen-bond donors (Lipinski definition) is 1. The average Bonchev–Trinajstić information content (AvgIpc) is 3.29. The van der Waals surface area contributed by atoms with Crippen LogP contribution in [-0.2, 0) is 12.1 Å². The number of pyridine rings is 1. The van der Waals surface area contributed by atoms with Crippen molar-refractivity contribution < 1.29 is 9.26 Å². The minimum absolute atomic E-state index is 0.451. The first kappa shape index (κ1) is 16.7. The van der Waals surface area contributed by atoms with Crippen LogP contribution in [0.3, 0.4) is 0 Å². The lowest BCUT2D eigenvalue weighted by molar-refractivity contribution is 0.278. The third kappa shape index (κ3) is 3.44. The molecule has 1 aliphatic rings. The molecule has 1 saturated heterocycles. The molecule has 1 aromatic carbocycles. The lowest BCUT2D eigenvalue weighted by Gasteiger charge is -2.18. The van der Waals surface area contributed by atoms with E-state index in [1.807, 2.05) is 43.4 Å². The Morgan fingerprint density at radius 1 is 1.31 bits per heavy atom. The second-order valence-electron chi connectivity index (χ2n) is 6.74. The van der Waals surface area contributed by atoms with Gasteiger partial charge in [-0.3, -0.25) is 4.98 Å². The average molecular weight is 351 g/mol. The summed E-state index contributed by atoms with van der Waals surface area (Å²) in [5.41, 5.74) is 7.70. The highest BCUT2D eigenvalue weighted by molar-refractivity contribution is 5.57. The predicted molar refractivity (Wildman–Crippen MR) is 96.3 cm³/mol. The number of likely N-dealkylation sites (N-methyl/N-ethyl adjacent to an activating group) is 1. The van der Waals surface area contributed by atoms with E-state index in [0.717, 1.165) is 29.8 Å². The zero-order valence-corrected chi connectivity index (χ0v) is 14.6. The van der Waals surface area contributed by atoms with E-state index in [9.17, 15) is 0 Å². The van der Waals surface area contributed by atoms with Gasteiger partial charge in [0.2, 0.25) is 11.7 Å². The first-order chi connectivity index (χ1) is 12.6. The molecular formula is C19H21N5O2. The van der Waals surface area contributed by atoms with Crippen molar-refractivity contribution in [2.24, 2.45) is 5.73 Å². The summed E-state index contributed by atoms with van der Waals surface area (Å²) in [7, 11) is 2.04. The molecular weight excluding hydrogens is 330 g/mol.